The fourth-order valence-corrected chi connectivity index (χ4v) is 9.73. The summed E-state index contributed by atoms with van der Waals surface area (Å²) in [6.45, 7) is 3.47. The number of ether oxygens (including phenoxy) is 2. The number of aliphatic hydroxyl groups is 4. The third-order valence-electron chi connectivity index (χ3n) is 13.6. The average molecular weight is 976 g/mol. The van der Waals surface area contributed by atoms with E-state index >= 15 is 0 Å². The van der Waals surface area contributed by atoms with Gasteiger partial charge in [-0.05, 0) is 38.5 Å². The van der Waals surface area contributed by atoms with Crippen LogP contribution in [-0.2, 0) is 28.9 Å². The summed E-state index contributed by atoms with van der Waals surface area (Å²) in [6.07, 6.45) is 43.7. The van der Waals surface area contributed by atoms with Crippen LogP contribution in [0.2, 0.25) is 0 Å². The molecule has 1 aliphatic rings. The zero-order valence-corrected chi connectivity index (χ0v) is 43.8. The van der Waals surface area contributed by atoms with E-state index in [-0.39, 0.29) is 12.5 Å². The molecule has 6 N–H and O–H groups in total. The maximum atomic E-state index is 13.1. The number of aliphatic hydroxyl groups excluding tert-OH is 4. The number of carbonyl (C=O) groups excluding carboxylic acids is 1. The van der Waals surface area contributed by atoms with Gasteiger partial charge in [-0.3, -0.25) is 9.35 Å². The molecular formula is C54H105NO11S. The normalized spacial score (nSPS) is 19.9. The van der Waals surface area contributed by atoms with Gasteiger partial charge in [-0.1, -0.05) is 238 Å². The number of allylic oxidation sites excluding steroid dienone is 2. The van der Waals surface area contributed by atoms with Crippen LogP contribution in [0.15, 0.2) is 12.2 Å². The maximum absolute atomic E-state index is 13.1. The molecule has 398 valence electrons. The molecule has 1 heterocycles. The van der Waals surface area contributed by atoms with Crippen LogP contribution in [0.4, 0.5) is 0 Å². The molecule has 0 radical (unpaired) electrons. The summed E-state index contributed by atoms with van der Waals surface area (Å²) in [5, 5.41) is 45.0. The molecule has 67 heavy (non-hydrogen) atoms. The summed E-state index contributed by atoms with van der Waals surface area (Å²) < 4.78 is 47.8. The minimum Gasteiger partial charge on any atom is -0.394 e. The quantitative estimate of drug-likeness (QED) is 0.0193. The number of amides is 1. The molecule has 0 aromatic rings. The monoisotopic (exact) mass is 976 g/mol. The Balaban J connectivity index is 2.30. The van der Waals surface area contributed by atoms with Crippen molar-refractivity contribution in [1.29, 1.82) is 0 Å². The van der Waals surface area contributed by atoms with Crippen LogP contribution in [0, 0.1) is 0 Å². The van der Waals surface area contributed by atoms with E-state index in [9.17, 15) is 38.2 Å². The van der Waals surface area contributed by atoms with Crippen molar-refractivity contribution in [3.8, 4) is 0 Å². The van der Waals surface area contributed by atoms with Crippen LogP contribution in [-0.4, -0.2) is 95.4 Å². The average Bonchev–Trinajstić information content (AvgIpc) is 3.30. The molecule has 0 aromatic heterocycles. The van der Waals surface area contributed by atoms with Crippen LogP contribution in [0.5, 0.6) is 0 Å². The first-order valence-corrected chi connectivity index (χ1v) is 29.4. The Hall–Kier alpha value is -1.16. The second-order valence-electron chi connectivity index (χ2n) is 19.9. The van der Waals surface area contributed by atoms with Crippen molar-refractivity contribution in [3.05, 3.63) is 12.2 Å². The van der Waals surface area contributed by atoms with Crippen LogP contribution in [0.25, 0.3) is 0 Å². The molecule has 0 bridgehead atoms. The van der Waals surface area contributed by atoms with E-state index in [1.54, 1.807) is 0 Å². The van der Waals surface area contributed by atoms with Gasteiger partial charge in [0.2, 0.25) is 5.91 Å². The lowest BCUT2D eigenvalue weighted by molar-refractivity contribution is -0.298. The third kappa shape index (κ3) is 37.3. The number of unbranched alkanes of at least 4 members (excludes halogenated alkanes) is 35. The zero-order chi connectivity index (χ0) is 49.1. The highest BCUT2D eigenvalue weighted by molar-refractivity contribution is 7.80. The first-order chi connectivity index (χ1) is 32.5. The van der Waals surface area contributed by atoms with E-state index < -0.39 is 59.9 Å². The molecule has 0 saturated carbocycles. The number of carbonyl (C=O) groups is 1. The van der Waals surface area contributed by atoms with Crippen molar-refractivity contribution in [3.63, 3.8) is 0 Å². The van der Waals surface area contributed by atoms with Gasteiger partial charge in [0.1, 0.15) is 24.4 Å². The molecule has 1 fully saturated rings. The van der Waals surface area contributed by atoms with E-state index in [2.05, 4.69) is 35.5 Å². The molecule has 1 aliphatic heterocycles. The Morgan fingerprint density at radius 3 is 1.34 bits per heavy atom. The minimum absolute atomic E-state index is 0.227. The third-order valence-corrected chi connectivity index (χ3v) is 14.0. The molecule has 1 rings (SSSR count). The van der Waals surface area contributed by atoms with Crippen molar-refractivity contribution in [2.45, 2.75) is 314 Å². The lowest BCUT2D eigenvalue weighted by Crippen LogP contribution is -2.61. The summed E-state index contributed by atoms with van der Waals surface area (Å²) in [5.41, 5.74) is 0. The van der Waals surface area contributed by atoms with Gasteiger partial charge < -0.3 is 35.2 Å². The van der Waals surface area contributed by atoms with Gasteiger partial charge in [-0.2, -0.15) is 8.42 Å². The molecule has 7 atom stereocenters. The number of hydrogen-bond acceptors (Lipinski definition) is 10. The zero-order valence-electron chi connectivity index (χ0n) is 43.0. The van der Waals surface area contributed by atoms with Crippen molar-refractivity contribution in [2.75, 3.05) is 13.2 Å². The Morgan fingerprint density at radius 1 is 0.582 bits per heavy atom. The van der Waals surface area contributed by atoms with Gasteiger partial charge >= 0.3 is 10.4 Å². The predicted molar refractivity (Wildman–Crippen MR) is 273 cm³/mol. The van der Waals surface area contributed by atoms with Gasteiger partial charge in [0.05, 0.1) is 25.4 Å². The molecule has 1 saturated heterocycles. The summed E-state index contributed by atoms with van der Waals surface area (Å²) in [5.74, 6) is -0.227. The highest BCUT2D eigenvalue weighted by Gasteiger charge is 2.48. The number of nitrogens with one attached hydrogen (secondary N) is 1. The Morgan fingerprint density at radius 2 is 0.955 bits per heavy atom. The van der Waals surface area contributed by atoms with Crippen LogP contribution in [0.1, 0.15) is 271 Å². The smallest absolute Gasteiger partial charge is 0.394 e. The van der Waals surface area contributed by atoms with Gasteiger partial charge in [0.25, 0.3) is 0 Å². The summed E-state index contributed by atoms with van der Waals surface area (Å²) in [4.78, 5) is 13.1. The topological polar surface area (TPSA) is 192 Å². The number of hydrogen-bond donors (Lipinski definition) is 6. The minimum atomic E-state index is -5.08. The Kier molecular flexibility index (Phi) is 42.7. The van der Waals surface area contributed by atoms with E-state index in [0.717, 1.165) is 51.4 Å². The lowest BCUT2D eigenvalue weighted by Gasteiger charge is -2.41. The van der Waals surface area contributed by atoms with Gasteiger partial charge in [-0.15, -0.1) is 0 Å². The summed E-state index contributed by atoms with van der Waals surface area (Å²) in [6, 6.07) is -0.855. The van der Waals surface area contributed by atoms with E-state index in [1.807, 2.05) is 0 Å². The molecule has 7 unspecified atom stereocenters. The lowest BCUT2D eigenvalue weighted by atomic mass is 9.99. The first kappa shape index (κ1) is 63.9. The van der Waals surface area contributed by atoms with E-state index in [1.165, 1.54) is 193 Å². The number of rotatable bonds is 49. The largest absolute Gasteiger partial charge is 0.397 e. The van der Waals surface area contributed by atoms with Crippen molar-refractivity contribution in [2.24, 2.45) is 0 Å². The molecule has 13 heteroatoms. The van der Waals surface area contributed by atoms with Crippen LogP contribution in [0.3, 0.4) is 0 Å². The van der Waals surface area contributed by atoms with Crippen LogP contribution < -0.4 is 5.32 Å². The summed E-state index contributed by atoms with van der Waals surface area (Å²) >= 11 is 0. The van der Waals surface area contributed by atoms with Gasteiger partial charge in [0, 0.05) is 6.42 Å². The predicted octanol–water partition coefficient (Wildman–Crippen LogP) is 12.7. The first-order valence-electron chi connectivity index (χ1n) is 28.1. The Bertz CT molecular complexity index is 1240. The second kappa shape index (κ2) is 44.8. The molecule has 0 spiro atoms. The fraction of sp³-hybridized carbons (Fsp3) is 0.944. The fourth-order valence-electron chi connectivity index (χ4n) is 9.22. The SMILES string of the molecule is CCCCCCCCCCCCCC/C=C\CCCCCCCCCCCCCC(=O)NC(COC1OC(CO)C(O)C(OS(=O)(=O)O)C1O)C(O)CCCCCCCCCCCCCCC. The maximum Gasteiger partial charge on any atom is 0.397 e. The summed E-state index contributed by atoms with van der Waals surface area (Å²) in [7, 11) is -5.08. The van der Waals surface area contributed by atoms with Crippen molar-refractivity contribution < 1.29 is 51.8 Å². The van der Waals surface area contributed by atoms with E-state index in [0.29, 0.717) is 12.8 Å². The molecule has 0 aliphatic carbocycles. The second-order valence-corrected chi connectivity index (χ2v) is 20.9. The van der Waals surface area contributed by atoms with Gasteiger partial charge in [-0.25, -0.2) is 4.18 Å². The molecule has 1 amide bonds. The van der Waals surface area contributed by atoms with Gasteiger partial charge in [0.15, 0.2) is 6.29 Å². The molecule has 12 nitrogen and oxygen atoms in total. The highest BCUT2D eigenvalue weighted by atomic mass is 32.3. The molecular weight excluding hydrogens is 871 g/mol. The van der Waals surface area contributed by atoms with E-state index in [4.69, 9.17) is 9.47 Å². The van der Waals surface area contributed by atoms with Crippen LogP contribution >= 0.6 is 0 Å². The molecule has 0 aromatic carbocycles. The Labute approximate surface area is 410 Å². The van der Waals surface area contributed by atoms with Crippen molar-refractivity contribution >= 4 is 16.3 Å². The highest BCUT2D eigenvalue weighted by Crippen LogP contribution is 2.26. The van der Waals surface area contributed by atoms with Crippen molar-refractivity contribution in [1.82, 2.24) is 5.32 Å². The standard InChI is InChI=1S/C54H105NO11S/c1-3-5-7-9-11-13-15-17-18-19-20-21-22-23-24-25-26-27-28-29-30-32-34-36-38-40-42-44-50(58)55-47(48(57)43-41-39-37-35-33-31-16-14-12-10-8-6-4-2)46-64-54-52(60)53(66-67(61,62)63)51(59)49(45-56)65-54/h23-24,47-49,51-54,56-57,59-60H,3-22,25-46H2,1-2H3,(H,55,58)(H,61,62,63)/b24-23-.